The first-order valence-electron chi connectivity index (χ1n) is 24.3. The molecule has 66 heavy (non-hydrogen) atoms. The van der Waals surface area contributed by atoms with E-state index in [1.807, 2.05) is 0 Å². The van der Waals surface area contributed by atoms with E-state index in [0.29, 0.717) is 25.2 Å². The van der Waals surface area contributed by atoms with Crippen LogP contribution in [0.2, 0.25) is 0 Å². The molecule has 18 heteroatoms. The van der Waals surface area contributed by atoms with Crippen molar-refractivity contribution in [2.45, 2.75) is 211 Å². The Hall–Kier alpha value is -1.43. The van der Waals surface area contributed by atoms with Crippen LogP contribution in [0.4, 0.5) is 0 Å². The van der Waals surface area contributed by atoms with E-state index in [1.165, 1.54) is 5.57 Å². The summed E-state index contributed by atoms with van der Waals surface area (Å²) >= 11 is 0. The minimum Gasteiger partial charge on any atom is -0.481 e. The zero-order valence-corrected chi connectivity index (χ0v) is 39.5. The van der Waals surface area contributed by atoms with E-state index in [4.69, 9.17) is 28.4 Å². The van der Waals surface area contributed by atoms with Gasteiger partial charge in [0.2, 0.25) is 0 Å². The summed E-state index contributed by atoms with van der Waals surface area (Å²) in [5.74, 6) is -0.229. The van der Waals surface area contributed by atoms with Crippen LogP contribution in [0.15, 0.2) is 11.6 Å². The molecule has 5 aliphatic carbocycles. The second-order valence-corrected chi connectivity index (χ2v) is 23.5. The summed E-state index contributed by atoms with van der Waals surface area (Å²) in [5.41, 5.74) is -0.256. The standard InChI is InChI=1S/C48H78O18/c1-43(2)14-16-48(42(59)60)17-15-46(6)22(23(48)18-43)8-9-28-45(5)12-11-29(44(3,4)27(45)10-13-47(28,46)7)64-41-38(66-40-35(57)33(55)31(53)25(20-50)62-40)36(58)37(26(21-51)63-41)65-39-34(56)32(54)30(52)24(19-49)61-39/h8,23-41,49-58H,9-21H2,1-7H3,(H,59,60)/t23?,24-,25-,26-,27+,28-,29+,30-,31-,32+,33+,34-,35-,36+,37-,38-,39+,40+,41+,45+,46-,47-,48+/m1/s1. The van der Waals surface area contributed by atoms with Crippen molar-refractivity contribution >= 4 is 5.97 Å². The monoisotopic (exact) mass is 943 g/mol. The van der Waals surface area contributed by atoms with E-state index in [9.17, 15) is 61.0 Å². The van der Waals surface area contributed by atoms with Crippen LogP contribution in [0.3, 0.4) is 0 Å². The van der Waals surface area contributed by atoms with Gasteiger partial charge >= 0.3 is 5.97 Å². The van der Waals surface area contributed by atoms with E-state index in [1.54, 1.807) is 0 Å². The highest BCUT2D eigenvalue weighted by molar-refractivity contribution is 5.76. The molecule has 4 saturated carbocycles. The van der Waals surface area contributed by atoms with Crippen molar-refractivity contribution in [1.82, 2.24) is 0 Å². The summed E-state index contributed by atoms with van der Waals surface area (Å²) in [7, 11) is 0. The lowest BCUT2D eigenvalue weighted by Gasteiger charge is -2.71. The number of carboxylic acids is 1. The van der Waals surface area contributed by atoms with Gasteiger partial charge < -0.3 is 84.6 Å². The molecule has 3 aliphatic heterocycles. The Morgan fingerprint density at radius 1 is 0.606 bits per heavy atom. The molecule has 18 nitrogen and oxygen atoms in total. The van der Waals surface area contributed by atoms with Crippen LogP contribution in [0, 0.1) is 50.2 Å². The van der Waals surface area contributed by atoms with Crippen LogP contribution < -0.4 is 0 Å². The Morgan fingerprint density at radius 3 is 1.71 bits per heavy atom. The maximum absolute atomic E-state index is 13.2. The molecule has 1 unspecified atom stereocenters. The first-order valence-corrected chi connectivity index (χ1v) is 24.3. The number of ether oxygens (including phenoxy) is 6. The minimum absolute atomic E-state index is 0.00433. The van der Waals surface area contributed by atoms with Gasteiger partial charge in [0.25, 0.3) is 0 Å². The van der Waals surface area contributed by atoms with Crippen LogP contribution in [-0.2, 0) is 33.2 Å². The first kappa shape index (κ1) is 50.9. The molecule has 7 fully saturated rings. The molecule has 0 amide bonds. The molecule has 0 aromatic rings. The fourth-order valence-corrected chi connectivity index (χ4v) is 15.1. The van der Waals surface area contributed by atoms with E-state index in [-0.39, 0.29) is 33.5 Å². The summed E-state index contributed by atoms with van der Waals surface area (Å²) in [6.07, 6.45) is -14.9. The summed E-state index contributed by atoms with van der Waals surface area (Å²) in [6, 6.07) is 0. The zero-order chi connectivity index (χ0) is 48.3. The lowest BCUT2D eigenvalue weighted by Crippen LogP contribution is -2.68. The maximum Gasteiger partial charge on any atom is 0.310 e. The Morgan fingerprint density at radius 2 is 1.15 bits per heavy atom. The third-order valence-electron chi connectivity index (χ3n) is 19.4. The van der Waals surface area contributed by atoms with E-state index < -0.39 is 135 Å². The largest absolute Gasteiger partial charge is 0.481 e. The number of carboxylic acid groups (broad SMARTS) is 1. The van der Waals surface area contributed by atoms with Crippen LogP contribution in [0.1, 0.15) is 113 Å². The molecular formula is C48H78O18. The Kier molecular flexibility index (Phi) is 13.9. The maximum atomic E-state index is 13.2. The van der Waals surface area contributed by atoms with Crippen molar-refractivity contribution in [3.63, 3.8) is 0 Å². The SMILES string of the molecule is CC1(C)CC[C@]2(C(=O)O)CC[C@]3(C)C(=CC[C@@H]4[C@@]5(C)CC[C@H](O[C@@H]6O[C@H](CO)[C@@H](O[C@@H]7O[C@H](CO)[C@@H](O)[C@H](O)[C@H]7O)[C@H](O)[C@H]6O[C@@H]6O[C@H](CO)[C@@H](O)[C@H](O)[C@H]6O)C(C)(C)[C@@H]5CC[C@]43C)C2C1. The number of hydrogen-bond acceptors (Lipinski definition) is 17. The van der Waals surface area contributed by atoms with E-state index in [2.05, 4.69) is 54.5 Å². The smallest absolute Gasteiger partial charge is 0.310 e. The number of hydrogen-bond donors (Lipinski definition) is 11. The van der Waals surface area contributed by atoms with Crippen molar-refractivity contribution < 1.29 is 89.4 Å². The predicted octanol–water partition coefficient (Wildman–Crippen LogP) is 0.706. The molecule has 23 atom stereocenters. The number of allylic oxidation sites excluding steroid dienone is 2. The van der Waals surface area contributed by atoms with Crippen LogP contribution in [0.25, 0.3) is 0 Å². The highest BCUT2D eigenvalue weighted by Gasteiger charge is 2.70. The van der Waals surface area contributed by atoms with Gasteiger partial charge in [-0.05, 0) is 109 Å². The van der Waals surface area contributed by atoms with Gasteiger partial charge in [-0.1, -0.05) is 60.1 Å². The third-order valence-corrected chi connectivity index (χ3v) is 19.4. The number of aliphatic hydroxyl groups is 10. The molecule has 0 radical (unpaired) electrons. The van der Waals surface area contributed by atoms with Crippen LogP contribution in [-0.4, -0.2) is 180 Å². The van der Waals surface area contributed by atoms with Gasteiger partial charge in [-0.25, -0.2) is 0 Å². The van der Waals surface area contributed by atoms with Gasteiger partial charge in [0.15, 0.2) is 18.9 Å². The van der Waals surface area contributed by atoms with Crippen molar-refractivity contribution in [2.24, 2.45) is 50.2 Å². The van der Waals surface area contributed by atoms with Crippen molar-refractivity contribution in [3.05, 3.63) is 11.6 Å². The third kappa shape index (κ3) is 7.87. The van der Waals surface area contributed by atoms with Gasteiger partial charge in [0.1, 0.15) is 73.2 Å². The molecule has 8 aliphatic rings. The summed E-state index contributed by atoms with van der Waals surface area (Å²) in [4.78, 5) is 13.2. The summed E-state index contributed by atoms with van der Waals surface area (Å²) in [5, 5.41) is 117. The van der Waals surface area contributed by atoms with Gasteiger partial charge in [-0.2, -0.15) is 0 Å². The molecule has 0 spiro atoms. The number of fused-ring (bicyclic) bond motifs is 7. The normalized spacial score (nSPS) is 53.3. The average molecular weight is 943 g/mol. The molecule has 11 N–H and O–H groups in total. The van der Waals surface area contributed by atoms with Gasteiger partial charge in [-0.3, -0.25) is 4.79 Å². The van der Waals surface area contributed by atoms with E-state index in [0.717, 1.165) is 44.9 Å². The topological polar surface area (TPSA) is 295 Å². The van der Waals surface area contributed by atoms with Crippen molar-refractivity contribution in [1.29, 1.82) is 0 Å². The predicted molar refractivity (Wildman–Crippen MR) is 231 cm³/mol. The lowest BCUT2D eigenvalue weighted by molar-refractivity contribution is -0.395. The number of rotatable bonds is 10. The highest BCUT2D eigenvalue weighted by Crippen LogP contribution is 2.76. The number of aliphatic hydroxyl groups excluding tert-OH is 10. The minimum atomic E-state index is -1.87. The lowest BCUT2D eigenvalue weighted by atomic mass is 9.33. The molecule has 0 aromatic heterocycles. The van der Waals surface area contributed by atoms with Gasteiger partial charge in [0.05, 0.1) is 31.3 Å². The van der Waals surface area contributed by atoms with Gasteiger partial charge in [0, 0.05) is 0 Å². The average Bonchev–Trinajstić information content (AvgIpc) is 3.26. The molecule has 0 aromatic carbocycles. The van der Waals surface area contributed by atoms with Crippen LogP contribution >= 0.6 is 0 Å². The Labute approximate surface area is 387 Å². The molecule has 8 rings (SSSR count). The van der Waals surface area contributed by atoms with Crippen molar-refractivity contribution in [3.8, 4) is 0 Å². The number of carbonyl (C=O) groups is 1. The van der Waals surface area contributed by atoms with Gasteiger partial charge in [-0.15, -0.1) is 0 Å². The molecule has 0 bridgehead atoms. The molecule has 3 saturated heterocycles. The van der Waals surface area contributed by atoms with Crippen LogP contribution in [0.5, 0.6) is 0 Å². The fourth-order valence-electron chi connectivity index (χ4n) is 15.1. The zero-order valence-electron chi connectivity index (χ0n) is 39.5. The highest BCUT2D eigenvalue weighted by atomic mass is 16.8. The second kappa shape index (κ2) is 18.0. The Balaban J connectivity index is 1.07. The quantitative estimate of drug-likeness (QED) is 0.106. The molecular weight excluding hydrogens is 865 g/mol. The number of aliphatic carboxylic acids is 1. The molecule has 378 valence electrons. The molecule has 3 heterocycles. The fraction of sp³-hybridized carbons (Fsp3) is 0.938. The Bertz CT molecular complexity index is 1790. The second-order valence-electron chi connectivity index (χ2n) is 23.5. The van der Waals surface area contributed by atoms with Crippen molar-refractivity contribution in [2.75, 3.05) is 19.8 Å². The summed E-state index contributed by atoms with van der Waals surface area (Å²) < 4.78 is 36.7. The summed E-state index contributed by atoms with van der Waals surface area (Å²) in [6.45, 7) is 13.9. The van der Waals surface area contributed by atoms with E-state index >= 15 is 0 Å². The first-order chi connectivity index (χ1) is 30.9.